The maximum absolute atomic E-state index is 12.0. The lowest BCUT2D eigenvalue weighted by Crippen LogP contribution is -2.24. The number of anilines is 1. The summed E-state index contributed by atoms with van der Waals surface area (Å²) in [6.07, 6.45) is 5.41. The van der Waals surface area contributed by atoms with Crippen LogP contribution in [-0.4, -0.2) is 57.6 Å². The molecule has 0 unspecified atom stereocenters. The molecule has 0 aromatic carbocycles. The van der Waals surface area contributed by atoms with Gasteiger partial charge in [0.1, 0.15) is 11.6 Å². The van der Waals surface area contributed by atoms with E-state index in [0.717, 1.165) is 10.5 Å². The quantitative estimate of drug-likeness (QED) is 0.408. The fourth-order valence-electron chi connectivity index (χ4n) is 2.98. The molecule has 0 saturated carbocycles. The van der Waals surface area contributed by atoms with Crippen LogP contribution in [0.1, 0.15) is 5.69 Å². The number of fused-ring (bicyclic) bond motifs is 3. The van der Waals surface area contributed by atoms with Crippen LogP contribution >= 0.6 is 0 Å². The van der Waals surface area contributed by atoms with Gasteiger partial charge in [-0.25, -0.2) is 19.6 Å². The number of nitrogens with zero attached hydrogens (tertiary/aromatic N) is 9. The zero-order valence-electron chi connectivity index (χ0n) is 17.4. The topological polar surface area (TPSA) is 171 Å². The van der Waals surface area contributed by atoms with Crippen molar-refractivity contribution in [3.63, 3.8) is 0 Å². The third kappa shape index (κ3) is 4.08. The zero-order chi connectivity index (χ0) is 23.5. The fraction of sp³-hybridized carbons (Fsp3) is 0.100. The number of H-pyrrole nitrogens is 1. The van der Waals surface area contributed by atoms with Crippen LogP contribution in [0, 0.1) is 11.3 Å². The normalized spacial score (nSPS) is 10.5. The molecule has 1 amide bonds. The Balaban J connectivity index is 0.000000174. The second-order valence-electron chi connectivity index (χ2n) is 6.73. The maximum atomic E-state index is 12.0. The van der Waals surface area contributed by atoms with Crippen molar-refractivity contribution < 1.29 is 9.90 Å². The van der Waals surface area contributed by atoms with Crippen LogP contribution in [0.4, 0.5) is 10.5 Å². The van der Waals surface area contributed by atoms with Gasteiger partial charge in [-0.2, -0.15) is 14.9 Å². The first-order valence-electron chi connectivity index (χ1n) is 9.43. The van der Waals surface area contributed by atoms with Crippen molar-refractivity contribution >= 4 is 28.5 Å². The van der Waals surface area contributed by atoms with Crippen LogP contribution in [0.25, 0.3) is 28.1 Å². The number of amides is 1. The largest absolute Gasteiger partial charge is 0.465 e. The fourth-order valence-corrected chi connectivity index (χ4v) is 2.98. The monoisotopic (exact) mass is 444 g/mol. The van der Waals surface area contributed by atoms with E-state index in [4.69, 9.17) is 10.4 Å². The van der Waals surface area contributed by atoms with Gasteiger partial charge in [0.15, 0.2) is 17.2 Å². The van der Waals surface area contributed by atoms with Crippen LogP contribution in [0.2, 0.25) is 0 Å². The number of aryl methyl sites for hydroxylation is 1. The molecular formula is C20H16N10O3. The Bertz CT molecular complexity index is 1580. The smallest absolute Gasteiger partial charge is 0.411 e. The zero-order valence-corrected chi connectivity index (χ0v) is 17.4. The summed E-state index contributed by atoms with van der Waals surface area (Å²) >= 11 is 0. The molecule has 0 aliphatic heterocycles. The molecule has 0 radical (unpaired) electrons. The van der Waals surface area contributed by atoms with Gasteiger partial charge in [0.05, 0.1) is 23.0 Å². The Kier molecular flexibility index (Phi) is 5.48. The number of carboxylic acid groups (broad SMARTS) is 1. The van der Waals surface area contributed by atoms with Gasteiger partial charge in [-0.05, 0) is 24.3 Å². The second-order valence-corrected chi connectivity index (χ2v) is 6.73. The van der Waals surface area contributed by atoms with Crippen molar-refractivity contribution in [1.82, 2.24) is 39.3 Å². The van der Waals surface area contributed by atoms with E-state index in [-0.39, 0.29) is 17.1 Å². The number of carbonyl (C=O) groups is 1. The highest BCUT2D eigenvalue weighted by Crippen LogP contribution is 2.18. The maximum Gasteiger partial charge on any atom is 0.411 e. The second kappa shape index (κ2) is 8.55. The van der Waals surface area contributed by atoms with E-state index in [1.54, 1.807) is 41.5 Å². The summed E-state index contributed by atoms with van der Waals surface area (Å²) in [5, 5.41) is 25.5. The molecule has 0 atom stereocenters. The molecule has 0 saturated heterocycles. The average Bonchev–Trinajstić information content (AvgIpc) is 3.46. The minimum Gasteiger partial charge on any atom is -0.465 e. The van der Waals surface area contributed by atoms with Gasteiger partial charge in [-0.15, -0.1) is 5.10 Å². The van der Waals surface area contributed by atoms with E-state index in [1.165, 1.54) is 23.8 Å². The highest BCUT2D eigenvalue weighted by atomic mass is 16.4. The molecule has 5 rings (SSSR count). The van der Waals surface area contributed by atoms with Crippen molar-refractivity contribution in [3.8, 4) is 17.5 Å². The third-order valence-electron chi connectivity index (χ3n) is 4.56. The number of hydrogen-bond donors (Lipinski definition) is 2. The van der Waals surface area contributed by atoms with E-state index in [9.17, 15) is 9.59 Å². The summed E-state index contributed by atoms with van der Waals surface area (Å²) in [4.78, 5) is 38.6. The first kappa shape index (κ1) is 21.1. The van der Waals surface area contributed by atoms with Gasteiger partial charge < -0.3 is 10.1 Å². The summed E-state index contributed by atoms with van der Waals surface area (Å²) in [5.41, 5.74) is 2.47. The molecule has 164 valence electrons. The highest BCUT2D eigenvalue weighted by Gasteiger charge is 2.14. The molecular weight excluding hydrogens is 428 g/mol. The van der Waals surface area contributed by atoms with Crippen LogP contribution in [0.3, 0.4) is 0 Å². The van der Waals surface area contributed by atoms with Crippen molar-refractivity contribution in [2.24, 2.45) is 7.05 Å². The van der Waals surface area contributed by atoms with Gasteiger partial charge in [0.2, 0.25) is 0 Å². The minimum absolute atomic E-state index is 0.104. The molecule has 2 N–H and O–H groups in total. The van der Waals surface area contributed by atoms with E-state index in [2.05, 4.69) is 30.1 Å². The van der Waals surface area contributed by atoms with Gasteiger partial charge in [0, 0.05) is 32.7 Å². The highest BCUT2D eigenvalue weighted by molar-refractivity contribution is 5.87. The molecule has 33 heavy (non-hydrogen) atoms. The summed E-state index contributed by atoms with van der Waals surface area (Å²) in [6, 6.07) is 8.46. The van der Waals surface area contributed by atoms with E-state index >= 15 is 0 Å². The Morgan fingerprint density at radius 3 is 2.70 bits per heavy atom. The SMILES string of the molecule is CN(C(=O)O)c1cccnc1C#N.Cn1cc(-c2nc3c4ncccc4[nH]c(=O)n3n2)cn1. The first-order chi connectivity index (χ1) is 15.9. The van der Waals surface area contributed by atoms with Crippen molar-refractivity contribution in [2.45, 2.75) is 0 Å². The summed E-state index contributed by atoms with van der Waals surface area (Å²) in [6.45, 7) is 0. The Morgan fingerprint density at radius 1 is 1.24 bits per heavy atom. The summed E-state index contributed by atoms with van der Waals surface area (Å²) < 4.78 is 2.87. The number of hydrogen-bond acceptors (Lipinski definition) is 8. The molecule has 13 heteroatoms. The predicted octanol–water partition coefficient (Wildman–Crippen LogP) is 1.43. The lowest BCUT2D eigenvalue weighted by Gasteiger charge is -2.12. The van der Waals surface area contributed by atoms with Crippen molar-refractivity contribution in [3.05, 3.63) is 65.2 Å². The standard InChI is InChI=1S/C12H9N7O.C8H7N3O2/c1-18-6-7(5-14-18)10-16-11-9-8(3-2-4-13-9)15-12(20)19(11)17-10;1-11(8(12)13)7-3-2-4-10-6(7)5-9/h2-6H,1H3,(H,15,20);2-4H,1H3,(H,12,13). The molecule has 0 spiro atoms. The number of pyridine rings is 2. The molecule has 5 aromatic heterocycles. The Morgan fingerprint density at radius 2 is 2.00 bits per heavy atom. The van der Waals surface area contributed by atoms with Gasteiger partial charge in [-0.3, -0.25) is 14.6 Å². The van der Waals surface area contributed by atoms with Crippen LogP contribution in [0.5, 0.6) is 0 Å². The third-order valence-corrected chi connectivity index (χ3v) is 4.56. The van der Waals surface area contributed by atoms with Crippen molar-refractivity contribution in [1.29, 1.82) is 5.26 Å². The lowest BCUT2D eigenvalue weighted by molar-refractivity contribution is 0.203. The van der Waals surface area contributed by atoms with E-state index in [1.807, 2.05) is 13.1 Å². The molecule has 0 bridgehead atoms. The van der Waals surface area contributed by atoms with Gasteiger partial charge >= 0.3 is 11.8 Å². The average molecular weight is 444 g/mol. The Labute approximate surface area is 185 Å². The Hall–Kier alpha value is -5.12. The number of aromatic amines is 1. The van der Waals surface area contributed by atoms with E-state index < -0.39 is 6.09 Å². The molecule has 0 aliphatic rings. The van der Waals surface area contributed by atoms with E-state index in [0.29, 0.717) is 22.5 Å². The lowest BCUT2D eigenvalue weighted by atomic mass is 10.3. The molecule has 0 fully saturated rings. The van der Waals surface area contributed by atoms with Crippen molar-refractivity contribution in [2.75, 3.05) is 11.9 Å². The van der Waals surface area contributed by atoms with Crippen LogP contribution in [-0.2, 0) is 7.05 Å². The number of rotatable bonds is 2. The minimum atomic E-state index is -1.12. The van der Waals surface area contributed by atoms with Gasteiger partial charge in [0.25, 0.3) is 0 Å². The summed E-state index contributed by atoms with van der Waals surface area (Å²) in [5.74, 6) is 0.446. The molecule has 5 heterocycles. The molecule has 5 aromatic rings. The number of nitriles is 1. The van der Waals surface area contributed by atoms with Crippen LogP contribution < -0.4 is 10.6 Å². The molecule has 0 aliphatic carbocycles. The first-order valence-corrected chi connectivity index (χ1v) is 9.43. The summed E-state index contributed by atoms with van der Waals surface area (Å²) in [7, 11) is 3.17. The molecule has 13 nitrogen and oxygen atoms in total. The predicted molar refractivity (Wildman–Crippen MR) is 116 cm³/mol. The van der Waals surface area contributed by atoms with Gasteiger partial charge in [-0.1, -0.05) is 0 Å². The number of aromatic nitrogens is 8. The number of nitrogens with one attached hydrogen (secondary N) is 1. The van der Waals surface area contributed by atoms with Crippen LogP contribution in [0.15, 0.2) is 53.8 Å².